The molecule has 2 aromatic rings. The summed E-state index contributed by atoms with van der Waals surface area (Å²) in [6.07, 6.45) is 2.38. The molecular weight excluding hydrogens is 298 g/mol. The molecule has 2 aliphatic heterocycles. The summed E-state index contributed by atoms with van der Waals surface area (Å²) in [7, 11) is 1.79. The normalized spacial score (nSPS) is 20.8. The standard InChI is InChI=1S/C20H23N3O/c1-24-15-18-11-7-13-22(18)23-14-17-10-5-6-12-19(17)21-20(23)16-8-3-2-4-9-16/h2-6,8-10,12,18H,7,11,13-15H2,1H3/t18-/m1/s1. The van der Waals surface area contributed by atoms with Gasteiger partial charge in [0.15, 0.2) is 5.84 Å². The number of amidine groups is 1. The summed E-state index contributed by atoms with van der Waals surface area (Å²) in [5.41, 5.74) is 3.52. The molecule has 1 saturated heterocycles. The van der Waals surface area contributed by atoms with E-state index in [2.05, 4.69) is 64.6 Å². The molecule has 124 valence electrons. The smallest absolute Gasteiger partial charge is 0.151 e. The first-order chi connectivity index (χ1) is 11.9. The van der Waals surface area contributed by atoms with Crippen molar-refractivity contribution in [2.45, 2.75) is 25.4 Å². The largest absolute Gasteiger partial charge is 0.383 e. The van der Waals surface area contributed by atoms with Crippen LogP contribution in [0.5, 0.6) is 0 Å². The van der Waals surface area contributed by atoms with E-state index in [1.165, 1.54) is 18.4 Å². The number of methoxy groups -OCH3 is 1. The average molecular weight is 321 g/mol. The molecule has 2 aliphatic rings. The van der Waals surface area contributed by atoms with Gasteiger partial charge in [0, 0.05) is 19.2 Å². The summed E-state index contributed by atoms with van der Waals surface area (Å²) in [6.45, 7) is 2.69. The number of hydrogen-bond donors (Lipinski definition) is 0. The Labute approximate surface area is 143 Å². The van der Waals surface area contributed by atoms with Crippen LogP contribution in [0.1, 0.15) is 24.0 Å². The first kappa shape index (κ1) is 15.4. The summed E-state index contributed by atoms with van der Waals surface area (Å²) in [5.74, 6) is 1.04. The van der Waals surface area contributed by atoms with Crippen molar-refractivity contribution < 1.29 is 4.74 Å². The van der Waals surface area contributed by atoms with Crippen LogP contribution in [-0.2, 0) is 11.3 Å². The van der Waals surface area contributed by atoms with Gasteiger partial charge in [0.2, 0.25) is 0 Å². The van der Waals surface area contributed by atoms with Gasteiger partial charge in [-0.25, -0.2) is 10.0 Å². The third-order valence-electron chi connectivity index (χ3n) is 4.83. The van der Waals surface area contributed by atoms with Crippen molar-refractivity contribution in [3.05, 3.63) is 65.7 Å². The van der Waals surface area contributed by atoms with Crippen molar-refractivity contribution in [1.29, 1.82) is 0 Å². The zero-order valence-corrected chi connectivity index (χ0v) is 14.1. The SMILES string of the molecule is COC[C@H]1CCCN1N1Cc2ccccc2N=C1c1ccccc1. The van der Waals surface area contributed by atoms with E-state index in [4.69, 9.17) is 9.73 Å². The Bertz CT molecular complexity index is 729. The molecule has 1 atom stereocenters. The van der Waals surface area contributed by atoms with Crippen LogP contribution in [-0.4, -0.2) is 42.2 Å². The Kier molecular flexibility index (Phi) is 4.32. The molecule has 1 fully saturated rings. The van der Waals surface area contributed by atoms with Gasteiger partial charge in [-0.15, -0.1) is 0 Å². The molecule has 0 radical (unpaired) electrons. The molecule has 4 nitrogen and oxygen atoms in total. The van der Waals surface area contributed by atoms with Crippen molar-refractivity contribution in [3.63, 3.8) is 0 Å². The Morgan fingerprint density at radius 2 is 1.88 bits per heavy atom. The topological polar surface area (TPSA) is 28.1 Å². The van der Waals surface area contributed by atoms with Gasteiger partial charge >= 0.3 is 0 Å². The molecule has 2 heterocycles. The fourth-order valence-corrected chi connectivity index (χ4v) is 3.68. The minimum atomic E-state index is 0.425. The zero-order valence-electron chi connectivity index (χ0n) is 14.1. The highest BCUT2D eigenvalue weighted by molar-refractivity contribution is 6.01. The Hall–Kier alpha value is -2.17. The van der Waals surface area contributed by atoms with Crippen LogP contribution in [0.3, 0.4) is 0 Å². The molecule has 0 spiro atoms. The van der Waals surface area contributed by atoms with Gasteiger partial charge in [0.25, 0.3) is 0 Å². The predicted octanol–water partition coefficient (Wildman–Crippen LogP) is 3.61. The highest BCUT2D eigenvalue weighted by atomic mass is 16.5. The summed E-state index contributed by atoms with van der Waals surface area (Å²) in [4.78, 5) is 5.00. The highest BCUT2D eigenvalue weighted by Crippen LogP contribution is 2.31. The minimum Gasteiger partial charge on any atom is -0.383 e. The Morgan fingerprint density at radius 1 is 1.08 bits per heavy atom. The van der Waals surface area contributed by atoms with E-state index in [9.17, 15) is 0 Å². The highest BCUT2D eigenvalue weighted by Gasteiger charge is 2.33. The average Bonchev–Trinajstić information content (AvgIpc) is 3.10. The van der Waals surface area contributed by atoms with Gasteiger partial charge in [-0.05, 0) is 24.5 Å². The lowest BCUT2D eigenvalue weighted by molar-refractivity contribution is -0.00789. The number of aliphatic imine (C=N–C) groups is 1. The van der Waals surface area contributed by atoms with Crippen LogP contribution >= 0.6 is 0 Å². The molecule has 0 aromatic heterocycles. The van der Waals surface area contributed by atoms with Crippen LogP contribution in [0.15, 0.2) is 59.6 Å². The Balaban J connectivity index is 1.75. The molecule has 0 bridgehead atoms. The number of rotatable bonds is 4. The maximum atomic E-state index is 5.45. The van der Waals surface area contributed by atoms with Gasteiger partial charge < -0.3 is 4.74 Å². The quantitative estimate of drug-likeness (QED) is 0.861. The van der Waals surface area contributed by atoms with Gasteiger partial charge in [-0.2, -0.15) is 0 Å². The molecule has 0 amide bonds. The summed E-state index contributed by atoms with van der Waals surface area (Å²) in [6, 6.07) is 19.3. The van der Waals surface area contributed by atoms with E-state index in [1.54, 1.807) is 7.11 Å². The summed E-state index contributed by atoms with van der Waals surface area (Å²) < 4.78 is 5.45. The third-order valence-corrected chi connectivity index (χ3v) is 4.83. The number of para-hydroxylation sites is 1. The molecule has 24 heavy (non-hydrogen) atoms. The molecule has 0 saturated carbocycles. The number of fused-ring (bicyclic) bond motifs is 1. The molecule has 4 heteroatoms. The number of hydrogen-bond acceptors (Lipinski definition) is 4. The van der Waals surface area contributed by atoms with Gasteiger partial charge in [0.1, 0.15) is 0 Å². The van der Waals surface area contributed by atoms with Crippen molar-refractivity contribution in [3.8, 4) is 0 Å². The summed E-state index contributed by atoms with van der Waals surface area (Å²) in [5, 5.41) is 4.81. The van der Waals surface area contributed by atoms with E-state index in [1.807, 2.05) is 0 Å². The molecule has 4 rings (SSSR count). The van der Waals surface area contributed by atoms with Crippen molar-refractivity contribution in [2.75, 3.05) is 20.3 Å². The number of benzene rings is 2. The lowest BCUT2D eigenvalue weighted by atomic mass is 10.1. The van der Waals surface area contributed by atoms with Crippen LogP contribution < -0.4 is 0 Å². The summed E-state index contributed by atoms with van der Waals surface area (Å²) >= 11 is 0. The molecular formula is C20H23N3O. The maximum Gasteiger partial charge on any atom is 0.151 e. The van der Waals surface area contributed by atoms with Crippen molar-refractivity contribution >= 4 is 11.5 Å². The van der Waals surface area contributed by atoms with Crippen molar-refractivity contribution in [2.24, 2.45) is 4.99 Å². The minimum absolute atomic E-state index is 0.425. The molecule has 0 N–H and O–H groups in total. The van der Waals surface area contributed by atoms with E-state index in [-0.39, 0.29) is 0 Å². The monoisotopic (exact) mass is 321 g/mol. The number of nitrogens with zero attached hydrogens (tertiary/aromatic N) is 3. The van der Waals surface area contributed by atoms with E-state index < -0.39 is 0 Å². The lowest BCUT2D eigenvalue weighted by Gasteiger charge is -2.40. The zero-order chi connectivity index (χ0) is 16.4. The van der Waals surface area contributed by atoms with Crippen LogP contribution in [0, 0.1) is 0 Å². The van der Waals surface area contributed by atoms with Gasteiger partial charge in [-0.1, -0.05) is 48.5 Å². The fraction of sp³-hybridized carbons (Fsp3) is 0.350. The van der Waals surface area contributed by atoms with Crippen LogP contribution in [0.4, 0.5) is 5.69 Å². The van der Waals surface area contributed by atoms with Crippen LogP contribution in [0.2, 0.25) is 0 Å². The second kappa shape index (κ2) is 6.75. The molecule has 0 unspecified atom stereocenters. The third kappa shape index (κ3) is 2.83. The first-order valence-corrected chi connectivity index (χ1v) is 8.62. The van der Waals surface area contributed by atoms with Gasteiger partial charge in [0.05, 0.1) is 24.9 Å². The van der Waals surface area contributed by atoms with E-state index in [0.29, 0.717) is 6.04 Å². The lowest BCUT2D eigenvalue weighted by Crippen LogP contribution is -2.50. The maximum absolute atomic E-state index is 5.45. The molecule has 2 aromatic carbocycles. The van der Waals surface area contributed by atoms with Crippen molar-refractivity contribution in [1.82, 2.24) is 10.0 Å². The predicted molar refractivity (Wildman–Crippen MR) is 96.2 cm³/mol. The van der Waals surface area contributed by atoms with E-state index >= 15 is 0 Å². The molecule has 0 aliphatic carbocycles. The second-order valence-corrected chi connectivity index (χ2v) is 6.40. The number of hydrazine groups is 1. The fourth-order valence-electron chi connectivity index (χ4n) is 3.68. The first-order valence-electron chi connectivity index (χ1n) is 8.62. The Morgan fingerprint density at radius 3 is 2.71 bits per heavy atom. The second-order valence-electron chi connectivity index (χ2n) is 6.40. The number of ether oxygens (including phenoxy) is 1. The van der Waals surface area contributed by atoms with E-state index in [0.717, 1.165) is 36.8 Å². The van der Waals surface area contributed by atoms with Gasteiger partial charge in [-0.3, -0.25) is 5.01 Å². The van der Waals surface area contributed by atoms with Crippen LogP contribution in [0.25, 0.3) is 0 Å².